The lowest BCUT2D eigenvalue weighted by atomic mass is 10.2. The minimum atomic E-state index is -0.169. The Morgan fingerprint density at radius 2 is 1.72 bits per heavy atom. The van der Waals surface area contributed by atoms with Gasteiger partial charge in [-0.05, 0) is 31.2 Å². The van der Waals surface area contributed by atoms with E-state index in [9.17, 15) is 9.59 Å². The second-order valence-corrected chi connectivity index (χ2v) is 5.61. The highest BCUT2D eigenvalue weighted by atomic mass is 16.2. The van der Waals surface area contributed by atoms with E-state index in [1.807, 2.05) is 54.0 Å². The van der Waals surface area contributed by atoms with Gasteiger partial charge in [-0.15, -0.1) is 0 Å². The highest BCUT2D eigenvalue weighted by Gasteiger charge is 2.14. The molecule has 0 aliphatic carbocycles. The van der Waals surface area contributed by atoms with Crippen molar-refractivity contribution in [2.75, 3.05) is 6.54 Å². The molecule has 2 N–H and O–H groups in total. The predicted octanol–water partition coefficient (Wildman–Crippen LogP) is 2.10. The number of hydrogen-bond donors (Lipinski definition) is 2. The van der Waals surface area contributed by atoms with E-state index in [4.69, 9.17) is 0 Å². The molecule has 6 heteroatoms. The second-order valence-electron chi connectivity index (χ2n) is 5.61. The number of nitrogens with zero attached hydrogens (tertiary/aromatic N) is 2. The van der Waals surface area contributed by atoms with Gasteiger partial charge in [0.1, 0.15) is 12.4 Å². The van der Waals surface area contributed by atoms with Crippen molar-refractivity contribution in [3.63, 3.8) is 0 Å². The van der Waals surface area contributed by atoms with Gasteiger partial charge in [0.15, 0.2) is 0 Å². The fraction of sp³-hybridized carbons (Fsp3) is 0.211. The summed E-state index contributed by atoms with van der Waals surface area (Å²) in [5.41, 5.74) is 2.27. The summed E-state index contributed by atoms with van der Waals surface area (Å²) in [4.78, 5) is 28.8. The number of para-hydroxylation sites is 2. The van der Waals surface area contributed by atoms with Crippen LogP contribution in [0.2, 0.25) is 0 Å². The van der Waals surface area contributed by atoms with E-state index in [-0.39, 0.29) is 24.9 Å². The van der Waals surface area contributed by atoms with Gasteiger partial charge in [0, 0.05) is 12.1 Å². The topological polar surface area (TPSA) is 76.0 Å². The molecule has 0 radical (unpaired) electrons. The molecule has 6 nitrogen and oxygen atoms in total. The molecule has 0 aliphatic rings. The Labute approximate surface area is 145 Å². The van der Waals surface area contributed by atoms with Crippen LogP contribution in [-0.4, -0.2) is 27.9 Å². The summed E-state index contributed by atoms with van der Waals surface area (Å²) >= 11 is 0. The highest BCUT2D eigenvalue weighted by molar-refractivity contribution is 5.94. The summed E-state index contributed by atoms with van der Waals surface area (Å²) in [5.74, 6) is 0.398. The monoisotopic (exact) mass is 336 g/mol. The minimum Gasteiger partial charge on any atom is -0.355 e. The quantitative estimate of drug-likeness (QED) is 0.724. The van der Waals surface area contributed by atoms with Gasteiger partial charge in [-0.25, -0.2) is 4.98 Å². The van der Waals surface area contributed by atoms with Crippen LogP contribution in [-0.2, 0) is 17.9 Å². The van der Waals surface area contributed by atoms with E-state index in [2.05, 4.69) is 15.6 Å². The number of amides is 2. The Bertz CT molecular complexity index is 887. The number of aromatic nitrogens is 2. The molecule has 3 rings (SSSR count). The number of nitrogens with one attached hydrogen (secondary N) is 2. The number of carbonyl (C=O) groups is 2. The van der Waals surface area contributed by atoms with Crippen LogP contribution in [0.3, 0.4) is 0 Å². The molecule has 0 atom stereocenters. The number of benzene rings is 2. The van der Waals surface area contributed by atoms with Crippen molar-refractivity contribution in [3.05, 3.63) is 66.0 Å². The molecule has 1 heterocycles. The van der Waals surface area contributed by atoms with Crippen LogP contribution in [0, 0.1) is 0 Å². The van der Waals surface area contributed by atoms with Crippen molar-refractivity contribution in [2.45, 2.75) is 20.0 Å². The smallest absolute Gasteiger partial charge is 0.251 e. The van der Waals surface area contributed by atoms with Gasteiger partial charge >= 0.3 is 0 Å². The first-order chi connectivity index (χ1) is 12.2. The van der Waals surface area contributed by atoms with Crippen LogP contribution < -0.4 is 10.6 Å². The van der Waals surface area contributed by atoms with Gasteiger partial charge in [0.25, 0.3) is 5.91 Å². The standard InChI is InChI=1S/C19H20N4O2/c1-2-20-18(24)13-23-16-11-7-6-10-15(16)22-17(23)12-21-19(25)14-8-4-3-5-9-14/h3-11H,2,12-13H2,1H3,(H,20,24)(H,21,25). The number of imidazole rings is 1. The molecule has 3 aromatic rings. The molecule has 0 bridgehead atoms. The maximum Gasteiger partial charge on any atom is 0.251 e. The molecule has 0 spiro atoms. The average molecular weight is 336 g/mol. The average Bonchev–Trinajstić information content (AvgIpc) is 2.98. The maximum atomic E-state index is 12.2. The van der Waals surface area contributed by atoms with Crippen molar-refractivity contribution >= 4 is 22.8 Å². The number of rotatable bonds is 6. The molecule has 0 saturated heterocycles. The van der Waals surface area contributed by atoms with Crippen molar-refractivity contribution < 1.29 is 9.59 Å². The SMILES string of the molecule is CCNC(=O)Cn1c(CNC(=O)c2ccccc2)nc2ccccc21. The zero-order valence-electron chi connectivity index (χ0n) is 14.0. The summed E-state index contributed by atoms with van der Waals surface area (Å²) in [6.07, 6.45) is 0. The number of carbonyl (C=O) groups excluding carboxylic acids is 2. The lowest BCUT2D eigenvalue weighted by Crippen LogP contribution is -2.29. The predicted molar refractivity (Wildman–Crippen MR) is 96.0 cm³/mol. The molecule has 0 fully saturated rings. The third-order valence-electron chi connectivity index (χ3n) is 3.85. The van der Waals surface area contributed by atoms with Gasteiger partial charge in [0.05, 0.1) is 17.6 Å². The Hall–Kier alpha value is -3.15. The molecule has 0 aliphatic heterocycles. The fourth-order valence-corrected chi connectivity index (χ4v) is 2.68. The Morgan fingerprint density at radius 3 is 2.48 bits per heavy atom. The summed E-state index contributed by atoms with van der Waals surface area (Å²) in [6, 6.07) is 16.6. The third-order valence-corrected chi connectivity index (χ3v) is 3.85. The highest BCUT2D eigenvalue weighted by Crippen LogP contribution is 2.16. The summed E-state index contributed by atoms with van der Waals surface area (Å²) in [7, 11) is 0. The van der Waals surface area contributed by atoms with Crippen LogP contribution >= 0.6 is 0 Å². The summed E-state index contributed by atoms with van der Waals surface area (Å²) in [6.45, 7) is 2.88. The van der Waals surface area contributed by atoms with E-state index in [0.29, 0.717) is 17.9 Å². The first-order valence-corrected chi connectivity index (χ1v) is 8.23. The van der Waals surface area contributed by atoms with E-state index in [0.717, 1.165) is 11.0 Å². The first-order valence-electron chi connectivity index (χ1n) is 8.23. The van der Waals surface area contributed by atoms with E-state index >= 15 is 0 Å². The summed E-state index contributed by atoms with van der Waals surface area (Å²) in [5, 5.41) is 5.66. The molecule has 0 saturated carbocycles. The molecule has 2 aromatic carbocycles. The zero-order chi connectivity index (χ0) is 17.6. The summed E-state index contributed by atoms with van der Waals surface area (Å²) < 4.78 is 1.84. The van der Waals surface area contributed by atoms with Crippen LogP contribution in [0.4, 0.5) is 0 Å². The van der Waals surface area contributed by atoms with Crippen LogP contribution in [0.1, 0.15) is 23.1 Å². The lowest BCUT2D eigenvalue weighted by molar-refractivity contribution is -0.121. The van der Waals surface area contributed by atoms with Gasteiger partial charge < -0.3 is 15.2 Å². The Balaban J connectivity index is 1.82. The minimum absolute atomic E-state index is 0.0821. The molecule has 0 unspecified atom stereocenters. The second kappa shape index (κ2) is 7.61. The van der Waals surface area contributed by atoms with Crippen molar-refractivity contribution in [3.8, 4) is 0 Å². The van der Waals surface area contributed by atoms with Gasteiger partial charge in [0.2, 0.25) is 5.91 Å². The van der Waals surface area contributed by atoms with Crippen molar-refractivity contribution in [1.29, 1.82) is 0 Å². The van der Waals surface area contributed by atoms with Crippen LogP contribution in [0.25, 0.3) is 11.0 Å². The molecule has 128 valence electrons. The van der Waals surface area contributed by atoms with Crippen LogP contribution in [0.15, 0.2) is 54.6 Å². The van der Waals surface area contributed by atoms with Gasteiger partial charge in [-0.1, -0.05) is 30.3 Å². The Kier molecular flexibility index (Phi) is 5.09. The fourth-order valence-electron chi connectivity index (χ4n) is 2.68. The van der Waals surface area contributed by atoms with E-state index in [1.165, 1.54) is 0 Å². The molecule has 25 heavy (non-hydrogen) atoms. The normalized spacial score (nSPS) is 10.6. The van der Waals surface area contributed by atoms with E-state index < -0.39 is 0 Å². The van der Waals surface area contributed by atoms with Gasteiger partial charge in [-0.3, -0.25) is 9.59 Å². The van der Waals surface area contributed by atoms with Gasteiger partial charge in [-0.2, -0.15) is 0 Å². The number of likely N-dealkylation sites (N-methyl/N-ethyl adjacent to an activating group) is 1. The third kappa shape index (κ3) is 3.85. The molecule has 2 amide bonds. The zero-order valence-corrected chi connectivity index (χ0v) is 14.0. The van der Waals surface area contributed by atoms with E-state index in [1.54, 1.807) is 12.1 Å². The van der Waals surface area contributed by atoms with Crippen LogP contribution in [0.5, 0.6) is 0 Å². The number of hydrogen-bond acceptors (Lipinski definition) is 3. The molecular formula is C19H20N4O2. The number of fused-ring (bicyclic) bond motifs is 1. The molecule has 1 aromatic heterocycles. The largest absolute Gasteiger partial charge is 0.355 e. The van der Waals surface area contributed by atoms with Crippen molar-refractivity contribution in [2.24, 2.45) is 0 Å². The maximum absolute atomic E-state index is 12.2. The Morgan fingerprint density at radius 1 is 1.00 bits per heavy atom. The van der Waals surface area contributed by atoms with Crippen molar-refractivity contribution in [1.82, 2.24) is 20.2 Å². The lowest BCUT2D eigenvalue weighted by Gasteiger charge is -2.10. The molecular weight excluding hydrogens is 316 g/mol. The first kappa shape index (κ1) is 16.7.